The fraction of sp³-hybridized carbons (Fsp3) is 0.656. The molecule has 0 N–H and O–H groups in total. The molecule has 3 rings (SSSR count). The van der Waals surface area contributed by atoms with Gasteiger partial charge in [-0.05, 0) is 99.8 Å². The van der Waals surface area contributed by atoms with Crippen LogP contribution in [0.4, 0.5) is 0 Å². The zero-order valence-electron chi connectivity index (χ0n) is 21.7. The van der Waals surface area contributed by atoms with E-state index < -0.39 is 0 Å². The van der Waals surface area contributed by atoms with E-state index in [2.05, 4.69) is 50.0 Å². The molecule has 0 radical (unpaired) electrons. The molecule has 0 amide bonds. The smallest absolute Gasteiger partial charge is 0.338 e. The molecule has 2 aliphatic carbocycles. The van der Waals surface area contributed by atoms with E-state index in [-0.39, 0.29) is 12.1 Å². The summed E-state index contributed by atoms with van der Waals surface area (Å²) in [5.41, 5.74) is 1.98. The van der Waals surface area contributed by atoms with E-state index >= 15 is 0 Å². The minimum absolute atomic E-state index is 0.0354. The van der Waals surface area contributed by atoms with Crippen molar-refractivity contribution in [3.8, 4) is 11.8 Å². The standard InChI is InChI=1S/C32H46O2/c1-3-5-7-11-28-18-22-30(23-19-28)32(33)34-31-24-20-29(21-25-31)13-9-8-12-27-16-14-26(15-17-27)10-6-4-2/h8,12,18-19,22-23,26-27,29,31H,3-7,10-11,14-17,20-21,24-25H2,1-2H3/t26-,27-,29-,31-. The first-order valence-corrected chi connectivity index (χ1v) is 14.2. The lowest BCUT2D eigenvalue weighted by Gasteiger charge is -2.26. The van der Waals surface area contributed by atoms with E-state index in [4.69, 9.17) is 4.74 Å². The Morgan fingerprint density at radius 3 is 2.29 bits per heavy atom. The lowest BCUT2D eigenvalue weighted by Crippen LogP contribution is -2.24. The molecule has 0 unspecified atom stereocenters. The largest absolute Gasteiger partial charge is 0.459 e. The lowest BCUT2D eigenvalue weighted by molar-refractivity contribution is 0.0188. The van der Waals surface area contributed by atoms with Crippen LogP contribution < -0.4 is 0 Å². The number of hydrogen-bond donors (Lipinski definition) is 0. The van der Waals surface area contributed by atoms with Crippen molar-refractivity contribution in [3.63, 3.8) is 0 Å². The van der Waals surface area contributed by atoms with Gasteiger partial charge in [-0.15, -0.1) is 0 Å². The maximum atomic E-state index is 12.5. The van der Waals surface area contributed by atoms with Gasteiger partial charge in [-0.3, -0.25) is 0 Å². The molecule has 2 saturated carbocycles. The number of carbonyl (C=O) groups is 1. The Morgan fingerprint density at radius 2 is 1.62 bits per heavy atom. The highest BCUT2D eigenvalue weighted by Gasteiger charge is 2.23. The fourth-order valence-corrected chi connectivity index (χ4v) is 5.44. The minimum atomic E-state index is -0.179. The molecule has 34 heavy (non-hydrogen) atoms. The lowest BCUT2D eigenvalue weighted by atomic mass is 9.80. The summed E-state index contributed by atoms with van der Waals surface area (Å²) in [5.74, 6) is 8.72. The molecule has 2 fully saturated rings. The average Bonchev–Trinajstić information content (AvgIpc) is 2.87. The number of unbranched alkanes of at least 4 members (excludes halogenated alkanes) is 3. The number of benzene rings is 1. The van der Waals surface area contributed by atoms with Gasteiger partial charge >= 0.3 is 5.97 Å². The molecule has 0 saturated heterocycles. The first kappa shape index (κ1) is 26.6. The van der Waals surface area contributed by atoms with Crippen molar-refractivity contribution in [2.75, 3.05) is 0 Å². The Labute approximate surface area is 208 Å². The van der Waals surface area contributed by atoms with Gasteiger partial charge in [0.1, 0.15) is 6.10 Å². The van der Waals surface area contributed by atoms with Crippen LogP contribution in [-0.2, 0) is 11.2 Å². The van der Waals surface area contributed by atoms with Gasteiger partial charge in [-0.1, -0.05) is 76.0 Å². The predicted molar refractivity (Wildman–Crippen MR) is 143 cm³/mol. The third-order valence-electron chi connectivity index (χ3n) is 7.80. The fourth-order valence-electron chi connectivity index (χ4n) is 5.44. The van der Waals surface area contributed by atoms with Crippen LogP contribution in [0.1, 0.15) is 120 Å². The van der Waals surface area contributed by atoms with Crippen LogP contribution in [0.15, 0.2) is 36.4 Å². The quantitative estimate of drug-likeness (QED) is 0.197. The van der Waals surface area contributed by atoms with Crippen LogP contribution in [0, 0.1) is 29.6 Å². The van der Waals surface area contributed by atoms with Gasteiger partial charge in [0.05, 0.1) is 5.56 Å². The summed E-state index contributed by atoms with van der Waals surface area (Å²) in [6.45, 7) is 4.51. The molecular formula is C32H46O2. The van der Waals surface area contributed by atoms with E-state index in [0.29, 0.717) is 11.5 Å². The molecule has 0 aromatic heterocycles. The molecule has 2 aliphatic rings. The highest BCUT2D eigenvalue weighted by atomic mass is 16.5. The number of hydrogen-bond acceptors (Lipinski definition) is 2. The molecular weight excluding hydrogens is 416 g/mol. The van der Waals surface area contributed by atoms with Crippen molar-refractivity contribution in [2.45, 2.75) is 116 Å². The van der Waals surface area contributed by atoms with Gasteiger partial charge in [0.15, 0.2) is 0 Å². The highest BCUT2D eigenvalue weighted by molar-refractivity contribution is 5.89. The molecule has 0 heterocycles. The Morgan fingerprint density at radius 1 is 0.912 bits per heavy atom. The SMILES string of the molecule is CCCCCc1ccc(C(=O)O[C@H]2CC[C@H](C#CC=C[C@H]3CC[C@H](CCCC)CC3)CC2)cc1. The Balaban J connectivity index is 1.33. The van der Waals surface area contributed by atoms with E-state index in [0.717, 1.165) is 43.9 Å². The van der Waals surface area contributed by atoms with Gasteiger partial charge in [0.25, 0.3) is 0 Å². The van der Waals surface area contributed by atoms with E-state index in [1.54, 1.807) is 0 Å². The summed E-state index contributed by atoms with van der Waals surface area (Å²) in [7, 11) is 0. The van der Waals surface area contributed by atoms with Crippen molar-refractivity contribution in [1.82, 2.24) is 0 Å². The summed E-state index contributed by atoms with van der Waals surface area (Å²) in [5, 5.41) is 0. The Hall–Kier alpha value is -2.01. The Bertz CT molecular complexity index is 794. The summed E-state index contributed by atoms with van der Waals surface area (Å²) < 4.78 is 5.80. The topological polar surface area (TPSA) is 26.3 Å². The maximum Gasteiger partial charge on any atom is 0.338 e. The van der Waals surface area contributed by atoms with Gasteiger partial charge in [0.2, 0.25) is 0 Å². The third-order valence-corrected chi connectivity index (χ3v) is 7.80. The molecule has 1 aromatic rings. The van der Waals surface area contributed by atoms with E-state index in [9.17, 15) is 4.79 Å². The molecule has 2 nitrogen and oxygen atoms in total. The number of esters is 1. The zero-order valence-corrected chi connectivity index (χ0v) is 21.7. The maximum absolute atomic E-state index is 12.5. The molecule has 0 spiro atoms. The van der Waals surface area contributed by atoms with Crippen LogP contribution in [0.2, 0.25) is 0 Å². The van der Waals surface area contributed by atoms with Crippen molar-refractivity contribution < 1.29 is 9.53 Å². The van der Waals surface area contributed by atoms with Crippen molar-refractivity contribution in [2.24, 2.45) is 17.8 Å². The second kappa shape index (κ2) is 15.1. The van der Waals surface area contributed by atoms with Crippen molar-refractivity contribution in [3.05, 3.63) is 47.5 Å². The number of ether oxygens (including phenoxy) is 1. The van der Waals surface area contributed by atoms with Crippen LogP contribution in [0.5, 0.6) is 0 Å². The van der Waals surface area contributed by atoms with E-state index in [1.807, 2.05) is 12.1 Å². The van der Waals surface area contributed by atoms with E-state index in [1.165, 1.54) is 69.8 Å². The summed E-state index contributed by atoms with van der Waals surface area (Å²) in [6.07, 6.45) is 22.8. The van der Waals surface area contributed by atoms with Crippen LogP contribution in [0.3, 0.4) is 0 Å². The molecule has 1 aromatic carbocycles. The number of carbonyl (C=O) groups excluding carboxylic acids is 1. The number of allylic oxidation sites excluding steroid dienone is 2. The molecule has 2 heteroatoms. The van der Waals surface area contributed by atoms with Crippen LogP contribution >= 0.6 is 0 Å². The van der Waals surface area contributed by atoms with Gasteiger partial charge in [-0.2, -0.15) is 0 Å². The summed E-state index contributed by atoms with van der Waals surface area (Å²) in [6, 6.07) is 7.99. The second-order valence-electron chi connectivity index (χ2n) is 10.6. The first-order valence-electron chi connectivity index (χ1n) is 14.2. The average molecular weight is 463 g/mol. The normalized spacial score (nSPS) is 25.0. The monoisotopic (exact) mass is 462 g/mol. The van der Waals surface area contributed by atoms with Crippen LogP contribution in [0.25, 0.3) is 0 Å². The molecule has 0 atom stereocenters. The number of aryl methyl sites for hydroxylation is 1. The van der Waals surface area contributed by atoms with Gasteiger partial charge < -0.3 is 4.74 Å². The first-order chi connectivity index (χ1) is 16.7. The second-order valence-corrected chi connectivity index (χ2v) is 10.6. The predicted octanol–water partition coefficient (Wildman–Crippen LogP) is 8.69. The third kappa shape index (κ3) is 9.32. The van der Waals surface area contributed by atoms with Crippen LogP contribution in [-0.4, -0.2) is 12.1 Å². The van der Waals surface area contributed by atoms with Gasteiger partial charge in [-0.25, -0.2) is 4.79 Å². The summed E-state index contributed by atoms with van der Waals surface area (Å²) in [4.78, 5) is 12.5. The molecule has 0 aliphatic heterocycles. The Kier molecular flexibility index (Phi) is 11.8. The minimum Gasteiger partial charge on any atom is -0.459 e. The molecule has 0 bridgehead atoms. The molecule has 186 valence electrons. The van der Waals surface area contributed by atoms with Crippen molar-refractivity contribution in [1.29, 1.82) is 0 Å². The summed E-state index contributed by atoms with van der Waals surface area (Å²) >= 11 is 0. The number of rotatable bonds is 10. The van der Waals surface area contributed by atoms with Crippen molar-refractivity contribution >= 4 is 5.97 Å². The van der Waals surface area contributed by atoms with Gasteiger partial charge in [0, 0.05) is 5.92 Å². The highest BCUT2D eigenvalue weighted by Crippen LogP contribution is 2.32. The zero-order chi connectivity index (χ0) is 24.0.